The Balaban J connectivity index is 1.44. The van der Waals surface area contributed by atoms with Gasteiger partial charge in [0.1, 0.15) is 5.78 Å². The van der Waals surface area contributed by atoms with Crippen molar-refractivity contribution in [3.8, 4) is 0 Å². The summed E-state index contributed by atoms with van der Waals surface area (Å²) in [6, 6.07) is 0. The largest absolute Gasteiger partial charge is 0.450 e. The van der Waals surface area contributed by atoms with Gasteiger partial charge in [0.05, 0.1) is 5.41 Å². The van der Waals surface area contributed by atoms with Crippen LogP contribution in [-0.4, -0.2) is 23.1 Å². The summed E-state index contributed by atoms with van der Waals surface area (Å²) in [6.07, 6.45) is 7.62. The molecule has 2 atom stereocenters. The molecule has 2 bridgehead atoms. The van der Waals surface area contributed by atoms with E-state index in [-0.39, 0.29) is 17.2 Å². The maximum Gasteiger partial charge on any atom is 0.313 e. The van der Waals surface area contributed by atoms with E-state index in [0.29, 0.717) is 36.9 Å². The number of Topliss-reactive ketones (excluding diaryl/α,β-unsaturated/α-hetero) is 2. The Morgan fingerprint density at radius 1 is 1.04 bits per heavy atom. The number of ketones is 2. The van der Waals surface area contributed by atoms with E-state index in [1.54, 1.807) is 0 Å². The van der Waals surface area contributed by atoms with Crippen molar-refractivity contribution in [2.24, 2.45) is 28.1 Å². The van der Waals surface area contributed by atoms with Crippen molar-refractivity contribution in [1.29, 1.82) is 0 Å². The topological polar surface area (TPSA) is 60.4 Å². The standard InChI is InChI=1S/C24H38O4/c1-7-21(2,3)18(25)10-8-16-14-17(15-16)9-11-19(26)24-13-12-23(6,20(27)28-24)22(24,4)5/h16-17H,7-15H2,1-6H3. The van der Waals surface area contributed by atoms with Gasteiger partial charge < -0.3 is 4.74 Å². The molecule has 0 amide bonds. The molecule has 2 aliphatic carbocycles. The summed E-state index contributed by atoms with van der Waals surface area (Å²) in [5.74, 6) is 1.51. The lowest BCUT2D eigenvalue weighted by molar-refractivity contribution is -0.167. The van der Waals surface area contributed by atoms with Gasteiger partial charge >= 0.3 is 5.97 Å². The van der Waals surface area contributed by atoms with Crippen LogP contribution in [0.1, 0.15) is 99.3 Å². The summed E-state index contributed by atoms with van der Waals surface area (Å²) >= 11 is 0. The molecular formula is C24H38O4. The van der Waals surface area contributed by atoms with E-state index in [1.807, 2.05) is 34.6 Å². The fraction of sp³-hybridized carbons (Fsp3) is 0.875. The molecule has 0 aromatic rings. The first-order valence-corrected chi connectivity index (χ1v) is 11.2. The first kappa shape index (κ1) is 21.5. The third-order valence-corrected chi connectivity index (χ3v) is 9.07. The zero-order valence-electron chi connectivity index (χ0n) is 18.7. The second-order valence-corrected chi connectivity index (χ2v) is 11.0. The van der Waals surface area contributed by atoms with Gasteiger partial charge in [-0.3, -0.25) is 14.4 Å². The van der Waals surface area contributed by atoms with Crippen LogP contribution in [-0.2, 0) is 19.1 Å². The van der Waals surface area contributed by atoms with E-state index in [1.165, 1.54) is 0 Å². The molecule has 28 heavy (non-hydrogen) atoms. The number of fused-ring (bicyclic) bond motifs is 2. The Labute approximate surface area is 170 Å². The summed E-state index contributed by atoms with van der Waals surface area (Å²) < 4.78 is 5.71. The SMILES string of the molecule is CCC(C)(C)C(=O)CCC1CC(CCC(=O)C23CCC(C)(C(=O)O2)C3(C)C)C1. The first-order chi connectivity index (χ1) is 12.9. The molecule has 0 aromatic heterocycles. The van der Waals surface area contributed by atoms with Crippen LogP contribution >= 0.6 is 0 Å². The van der Waals surface area contributed by atoms with Crippen LogP contribution in [0.15, 0.2) is 0 Å². The average Bonchev–Trinajstić information content (AvgIpc) is 2.89. The fourth-order valence-corrected chi connectivity index (χ4v) is 5.60. The van der Waals surface area contributed by atoms with Gasteiger partial charge in [-0.05, 0) is 63.7 Å². The van der Waals surface area contributed by atoms with Crippen molar-refractivity contribution in [3.05, 3.63) is 0 Å². The van der Waals surface area contributed by atoms with E-state index in [2.05, 4.69) is 6.92 Å². The van der Waals surface area contributed by atoms with Gasteiger partial charge in [0, 0.05) is 23.7 Å². The van der Waals surface area contributed by atoms with Crippen molar-refractivity contribution in [1.82, 2.24) is 0 Å². The van der Waals surface area contributed by atoms with Crippen molar-refractivity contribution in [2.45, 2.75) is 105 Å². The molecule has 1 aliphatic heterocycles. The summed E-state index contributed by atoms with van der Waals surface area (Å²) in [7, 11) is 0. The first-order valence-electron chi connectivity index (χ1n) is 11.2. The molecule has 0 radical (unpaired) electrons. The number of hydrogen-bond donors (Lipinski definition) is 0. The van der Waals surface area contributed by atoms with Gasteiger partial charge in [-0.2, -0.15) is 0 Å². The maximum atomic E-state index is 13.1. The highest BCUT2D eigenvalue weighted by molar-refractivity contribution is 5.97. The van der Waals surface area contributed by atoms with Gasteiger partial charge in [-0.25, -0.2) is 0 Å². The van der Waals surface area contributed by atoms with Crippen LogP contribution in [0, 0.1) is 28.1 Å². The summed E-state index contributed by atoms with van der Waals surface area (Å²) in [5.41, 5.74) is -2.05. The number of carbonyl (C=O) groups excluding carboxylic acids is 3. The van der Waals surface area contributed by atoms with E-state index < -0.39 is 16.4 Å². The van der Waals surface area contributed by atoms with Crippen LogP contribution in [0.4, 0.5) is 0 Å². The quantitative estimate of drug-likeness (QED) is 0.503. The van der Waals surface area contributed by atoms with Crippen LogP contribution < -0.4 is 0 Å². The van der Waals surface area contributed by atoms with Gasteiger partial charge in [-0.15, -0.1) is 0 Å². The maximum absolute atomic E-state index is 13.1. The Morgan fingerprint density at radius 3 is 2.07 bits per heavy atom. The Hall–Kier alpha value is -1.19. The molecule has 4 heteroatoms. The minimum atomic E-state index is -0.903. The Morgan fingerprint density at radius 2 is 1.61 bits per heavy atom. The van der Waals surface area contributed by atoms with Gasteiger partial charge in [0.2, 0.25) is 0 Å². The zero-order chi connectivity index (χ0) is 21.0. The normalized spacial score (nSPS) is 36.1. The van der Waals surface area contributed by atoms with Crippen molar-refractivity contribution in [3.63, 3.8) is 0 Å². The van der Waals surface area contributed by atoms with Crippen LogP contribution in [0.3, 0.4) is 0 Å². The van der Waals surface area contributed by atoms with Crippen LogP contribution in [0.2, 0.25) is 0 Å². The smallest absolute Gasteiger partial charge is 0.313 e. The number of carbonyl (C=O) groups is 3. The van der Waals surface area contributed by atoms with Crippen molar-refractivity contribution in [2.75, 3.05) is 0 Å². The molecular weight excluding hydrogens is 352 g/mol. The number of esters is 1. The van der Waals surface area contributed by atoms with E-state index in [0.717, 1.165) is 38.5 Å². The lowest BCUT2D eigenvalue weighted by atomic mass is 9.64. The molecule has 4 nitrogen and oxygen atoms in total. The van der Waals surface area contributed by atoms with Gasteiger partial charge in [0.15, 0.2) is 11.4 Å². The molecule has 3 fully saturated rings. The predicted octanol–water partition coefficient (Wildman–Crippen LogP) is 5.27. The minimum Gasteiger partial charge on any atom is -0.450 e. The predicted molar refractivity (Wildman–Crippen MR) is 109 cm³/mol. The highest BCUT2D eigenvalue weighted by Crippen LogP contribution is 2.66. The van der Waals surface area contributed by atoms with E-state index in [4.69, 9.17) is 4.74 Å². The molecule has 1 heterocycles. The van der Waals surface area contributed by atoms with E-state index >= 15 is 0 Å². The molecule has 3 aliphatic rings. The Bertz CT molecular complexity index is 670. The van der Waals surface area contributed by atoms with Crippen LogP contribution in [0.25, 0.3) is 0 Å². The highest BCUT2D eigenvalue weighted by Gasteiger charge is 2.75. The molecule has 0 spiro atoms. The second-order valence-electron chi connectivity index (χ2n) is 11.0. The third kappa shape index (κ3) is 3.06. The molecule has 3 rings (SSSR count). The third-order valence-electron chi connectivity index (χ3n) is 9.07. The fourth-order valence-electron chi connectivity index (χ4n) is 5.60. The number of hydrogen-bond acceptors (Lipinski definition) is 4. The van der Waals surface area contributed by atoms with Gasteiger partial charge in [-0.1, -0.05) is 34.6 Å². The monoisotopic (exact) mass is 390 g/mol. The zero-order valence-corrected chi connectivity index (χ0v) is 18.7. The van der Waals surface area contributed by atoms with E-state index in [9.17, 15) is 14.4 Å². The number of rotatable bonds is 9. The van der Waals surface area contributed by atoms with Crippen LogP contribution in [0.5, 0.6) is 0 Å². The lowest BCUT2D eigenvalue weighted by Gasteiger charge is -2.38. The number of ether oxygens (including phenoxy) is 1. The van der Waals surface area contributed by atoms with Gasteiger partial charge in [0.25, 0.3) is 0 Å². The molecule has 2 saturated carbocycles. The molecule has 1 saturated heterocycles. The summed E-state index contributed by atoms with van der Waals surface area (Å²) in [6.45, 7) is 12.1. The highest BCUT2D eigenvalue weighted by atomic mass is 16.6. The molecule has 0 aromatic carbocycles. The van der Waals surface area contributed by atoms with Crippen molar-refractivity contribution < 1.29 is 19.1 Å². The summed E-state index contributed by atoms with van der Waals surface area (Å²) in [5, 5.41) is 0. The second kappa shape index (κ2) is 6.95. The average molecular weight is 391 g/mol. The minimum absolute atomic E-state index is 0.121. The molecule has 2 unspecified atom stereocenters. The lowest BCUT2D eigenvalue weighted by Crippen LogP contribution is -2.48. The summed E-state index contributed by atoms with van der Waals surface area (Å²) in [4.78, 5) is 37.7. The van der Waals surface area contributed by atoms with Crippen molar-refractivity contribution >= 4 is 17.5 Å². The Kier molecular flexibility index (Phi) is 5.34. The molecule has 0 N–H and O–H groups in total. The molecule has 158 valence electrons.